The van der Waals surface area contributed by atoms with Gasteiger partial charge in [0.1, 0.15) is 11.8 Å². The Hall–Kier alpha value is -1.64. The fraction of sp³-hybridized carbons (Fsp3) is 0. The Kier molecular flexibility index (Phi) is 1.06. The molecule has 0 saturated carbocycles. The molecule has 0 bridgehead atoms. The molecule has 3 heteroatoms. The number of fused-ring (bicyclic) bond motifs is 1. The summed E-state index contributed by atoms with van der Waals surface area (Å²) < 4.78 is 5.00. The van der Waals surface area contributed by atoms with E-state index in [1.165, 1.54) is 6.26 Å². The highest BCUT2D eigenvalue weighted by Gasteiger charge is 2.05. The van der Waals surface area contributed by atoms with Crippen molar-refractivity contribution in [2.45, 2.75) is 0 Å². The van der Waals surface area contributed by atoms with Crippen molar-refractivity contribution in [3.8, 4) is 5.75 Å². The van der Waals surface area contributed by atoms with Crippen molar-refractivity contribution in [2.24, 2.45) is 0 Å². The Balaban J connectivity index is 2.96. The Morgan fingerprint density at radius 1 is 1.36 bits per heavy atom. The number of hydrogen-bond acceptors (Lipinski definition) is 3. The van der Waals surface area contributed by atoms with Crippen LogP contribution >= 0.6 is 0 Å². The molecule has 0 amide bonds. The Morgan fingerprint density at radius 3 is 2.91 bits per heavy atom. The van der Waals surface area contributed by atoms with E-state index >= 15 is 0 Å². The van der Waals surface area contributed by atoms with Crippen LogP contribution < -0.4 is 5.73 Å². The lowest BCUT2D eigenvalue weighted by molar-refractivity contribution is 0.464. The average Bonchev–Trinajstić information content (AvgIpc) is 2.34. The number of nitrogens with two attached hydrogens (primary N) is 1. The first kappa shape index (κ1) is 6.09. The monoisotopic (exact) mass is 149 g/mol. The van der Waals surface area contributed by atoms with Gasteiger partial charge in [-0.3, -0.25) is 0 Å². The van der Waals surface area contributed by atoms with Gasteiger partial charge >= 0.3 is 0 Å². The molecule has 56 valence electrons. The zero-order chi connectivity index (χ0) is 7.84. The normalized spacial score (nSPS) is 10.5. The predicted molar refractivity (Wildman–Crippen MR) is 42.3 cm³/mol. The van der Waals surface area contributed by atoms with Crippen molar-refractivity contribution in [3.05, 3.63) is 24.5 Å². The second-order valence-corrected chi connectivity index (χ2v) is 2.34. The number of rotatable bonds is 0. The summed E-state index contributed by atoms with van der Waals surface area (Å²) in [4.78, 5) is 0. The summed E-state index contributed by atoms with van der Waals surface area (Å²) in [6.07, 6.45) is 1.28. The van der Waals surface area contributed by atoms with Gasteiger partial charge in [-0.2, -0.15) is 0 Å². The summed E-state index contributed by atoms with van der Waals surface area (Å²) >= 11 is 0. The summed E-state index contributed by atoms with van der Waals surface area (Å²) in [6, 6.07) is 5.25. The highest BCUT2D eigenvalue weighted by Crippen LogP contribution is 2.30. The molecule has 0 aliphatic heterocycles. The van der Waals surface area contributed by atoms with Crippen molar-refractivity contribution >= 4 is 16.7 Å². The lowest BCUT2D eigenvalue weighted by Gasteiger charge is -1.92. The van der Waals surface area contributed by atoms with Crippen LogP contribution in [0.3, 0.4) is 0 Å². The second kappa shape index (κ2) is 1.92. The van der Waals surface area contributed by atoms with Crippen LogP contribution in [0, 0.1) is 0 Å². The molecule has 0 spiro atoms. The summed E-state index contributed by atoms with van der Waals surface area (Å²) in [5.41, 5.74) is 6.73. The van der Waals surface area contributed by atoms with Crippen molar-refractivity contribution in [3.63, 3.8) is 0 Å². The minimum Gasteiger partial charge on any atom is -0.504 e. The van der Waals surface area contributed by atoms with E-state index in [4.69, 9.17) is 10.2 Å². The third kappa shape index (κ3) is 0.741. The molecular weight excluding hydrogens is 142 g/mol. The van der Waals surface area contributed by atoms with E-state index in [9.17, 15) is 5.11 Å². The molecule has 0 saturated heterocycles. The SMILES string of the molecule is Nc1cccc2occ(O)c12. The fourth-order valence-electron chi connectivity index (χ4n) is 1.10. The quantitative estimate of drug-likeness (QED) is 0.560. The first-order valence-corrected chi connectivity index (χ1v) is 3.23. The van der Waals surface area contributed by atoms with Gasteiger partial charge in [0.25, 0.3) is 0 Å². The van der Waals surface area contributed by atoms with E-state index in [2.05, 4.69) is 0 Å². The number of anilines is 1. The average molecular weight is 149 g/mol. The van der Waals surface area contributed by atoms with Crippen molar-refractivity contribution in [1.82, 2.24) is 0 Å². The minimum absolute atomic E-state index is 0.0955. The molecular formula is C8H7NO2. The maximum absolute atomic E-state index is 9.22. The standard InChI is InChI=1S/C8H7NO2/c9-5-2-1-3-7-8(5)6(10)4-11-7/h1-4,10H,9H2. The smallest absolute Gasteiger partial charge is 0.163 e. The molecule has 0 radical (unpaired) electrons. The van der Waals surface area contributed by atoms with Crippen LogP contribution in [-0.2, 0) is 0 Å². The maximum atomic E-state index is 9.22. The molecule has 1 aromatic carbocycles. The summed E-state index contributed by atoms with van der Waals surface area (Å²) in [7, 11) is 0. The van der Waals surface area contributed by atoms with Crippen LogP contribution in [-0.4, -0.2) is 5.11 Å². The molecule has 3 N–H and O–H groups in total. The maximum Gasteiger partial charge on any atom is 0.163 e. The Labute approximate surface area is 63.0 Å². The van der Waals surface area contributed by atoms with Crippen LogP contribution in [0.15, 0.2) is 28.9 Å². The molecule has 0 fully saturated rings. The number of hydrogen-bond donors (Lipinski definition) is 2. The molecule has 1 aromatic heterocycles. The molecule has 2 rings (SSSR count). The largest absolute Gasteiger partial charge is 0.504 e. The highest BCUT2D eigenvalue weighted by atomic mass is 16.4. The molecule has 1 heterocycles. The molecule has 0 aliphatic carbocycles. The second-order valence-electron chi connectivity index (χ2n) is 2.34. The van der Waals surface area contributed by atoms with Crippen LogP contribution in [0.2, 0.25) is 0 Å². The molecule has 0 aliphatic rings. The Morgan fingerprint density at radius 2 is 2.18 bits per heavy atom. The van der Waals surface area contributed by atoms with Crippen LogP contribution in [0.1, 0.15) is 0 Å². The van der Waals surface area contributed by atoms with Crippen molar-refractivity contribution in [1.29, 1.82) is 0 Å². The minimum atomic E-state index is 0.0955. The lowest BCUT2D eigenvalue weighted by atomic mass is 10.2. The summed E-state index contributed by atoms with van der Waals surface area (Å²) in [5, 5.41) is 9.81. The van der Waals surface area contributed by atoms with Gasteiger partial charge in [-0.05, 0) is 12.1 Å². The van der Waals surface area contributed by atoms with Crippen molar-refractivity contribution in [2.75, 3.05) is 5.73 Å². The van der Waals surface area contributed by atoms with Gasteiger partial charge in [0.05, 0.1) is 5.39 Å². The molecule has 2 aromatic rings. The number of nitrogen functional groups attached to an aromatic ring is 1. The van der Waals surface area contributed by atoms with Gasteiger partial charge in [0, 0.05) is 5.69 Å². The van der Waals surface area contributed by atoms with Gasteiger partial charge in [-0.15, -0.1) is 0 Å². The van der Waals surface area contributed by atoms with E-state index in [-0.39, 0.29) is 5.75 Å². The van der Waals surface area contributed by atoms with E-state index in [1.54, 1.807) is 18.2 Å². The van der Waals surface area contributed by atoms with E-state index < -0.39 is 0 Å². The first-order chi connectivity index (χ1) is 5.29. The zero-order valence-electron chi connectivity index (χ0n) is 5.74. The van der Waals surface area contributed by atoms with Gasteiger partial charge in [0.15, 0.2) is 5.75 Å². The lowest BCUT2D eigenvalue weighted by Crippen LogP contribution is -1.83. The van der Waals surface area contributed by atoms with Crippen LogP contribution in [0.5, 0.6) is 5.75 Å². The summed E-state index contributed by atoms with van der Waals surface area (Å²) in [5.74, 6) is 0.0955. The van der Waals surface area contributed by atoms with E-state index in [1.807, 2.05) is 0 Å². The van der Waals surface area contributed by atoms with Gasteiger partial charge in [0.2, 0.25) is 0 Å². The Bertz CT molecular complexity index is 392. The van der Waals surface area contributed by atoms with Crippen molar-refractivity contribution < 1.29 is 9.52 Å². The van der Waals surface area contributed by atoms with Gasteiger partial charge in [-0.25, -0.2) is 0 Å². The first-order valence-electron chi connectivity index (χ1n) is 3.23. The highest BCUT2D eigenvalue weighted by molar-refractivity contribution is 5.94. The third-order valence-corrected chi connectivity index (χ3v) is 1.61. The fourth-order valence-corrected chi connectivity index (χ4v) is 1.10. The number of aromatic hydroxyl groups is 1. The summed E-state index contributed by atoms with van der Waals surface area (Å²) in [6.45, 7) is 0. The van der Waals surface area contributed by atoms with E-state index in [0.717, 1.165) is 0 Å². The number of benzene rings is 1. The molecule has 3 nitrogen and oxygen atoms in total. The molecule has 0 atom stereocenters. The molecule has 11 heavy (non-hydrogen) atoms. The van der Waals surface area contributed by atoms with Crippen LogP contribution in [0.25, 0.3) is 11.0 Å². The number of furan rings is 1. The van der Waals surface area contributed by atoms with Crippen LogP contribution in [0.4, 0.5) is 5.69 Å². The predicted octanol–water partition coefficient (Wildman–Crippen LogP) is 1.72. The zero-order valence-corrected chi connectivity index (χ0v) is 5.74. The van der Waals surface area contributed by atoms with Gasteiger partial charge < -0.3 is 15.3 Å². The van der Waals surface area contributed by atoms with E-state index in [0.29, 0.717) is 16.7 Å². The topological polar surface area (TPSA) is 59.4 Å². The molecule has 0 unspecified atom stereocenters. The third-order valence-electron chi connectivity index (χ3n) is 1.61. The van der Waals surface area contributed by atoms with Gasteiger partial charge in [-0.1, -0.05) is 6.07 Å².